The first-order chi connectivity index (χ1) is 6.69. The number of nitriles is 1. The summed E-state index contributed by atoms with van der Waals surface area (Å²) in [5.74, 6) is 0. The predicted octanol–water partition coefficient (Wildman–Crippen LogP) is 1.64. The van der Waals surface area contributed by atoms with Crippen LogP contribution in [0.2, 0.25) is 0 Å². The number of nitrogens with zero attached hydrogens (tertiary/aromatic N) is 3. The van der Waals surface area contributed by atoms with Crippen molar-refractivity contribution in [1.29, 1.82) is 5.26 Å². The van der Waals surface area contributed by atoms with Gasteiger partial charge < -0.3 is 5.11 Å². The van der Waals surface area contributed by atoms with Gasteiger partial charge in [0.1, 0.15) is 6.07 Å². The molecule has 0 saturated heterocycles. The Morgan fingerprint density at radius 3 is 2.57 bits per heavy atom. The minimum Gasteiger partial charge on any atom is -0.394 e. The van der Waals surface area contributed by atoms with Crippen LogP contribution in [0.4, 0.5) is 0 Å². The lowest BCUT2D eigenvalue weighted by molar-refractivity contribution is 0.229. The Morgan fingerprint density at radius 1 is 1.64 bits per heavy atom. The summed E-state index contributed by atoms with van der Waals surface area (Å²) in [6.45, 7) is 7.70. The van der Waals surface area contributed by atoms with Gasteiger partial charge in [-0.2, -0.15) is 10.4 Å². The van der Waals surface area contributed by atoms with Gasteiger partial charge in [-0.25, -0.2) is 0 Å². The second-order valence-electron chi connectivity index (χ2n) is 2.78. The number of hydrogen-bond donors (Lipinski definition) is 1. The van der Waals surface area contributed by atoms with E-state index in [0.29, 0.717) is 5.69 Å². The number of aromatic nitrogens is 2. The average Bonchev–Trinajstić information content (AvgIpc) is 2.61. The van der Waals surface area contributed by atoms with Gasteiger partial charge in [0.2, 0.25) is 0 Å². The van der Waals surface area contributed by atoms with Crippen molar-refractivity contribution in [2.24, 2.45) is 0 Å². The molecule has 0 bridgehead atoms. The summed E-state index contributed by atoms with van der Waals surface area (Å²) < 4.78 is 1.61. The molecule has 1 heterocycles. The van der Waals surface area contributed by atoms with Crippen LogP contribution in [0.1, 0.15) is 38.1 Å². The van der Waals surface area contributed by atoms with Crippen molar-refractivity contribution in [1.82, 2.24) is 9.78 Å². The molecule has 1 N–H and O–H groups in total. The SMILES string of the molecule is CC.Cc1cn(C(C)CO)nc1C#N. The van der Waals surface area contributed by atoms with Gasteiger partial charge in [0.05, 0.1) is 12.6 Å². The zero-order chi connectivity index (χ0) is 11.1. The smallest absolute Gasteiger partial charge is 0.165 e. The summed E-state index contributed by atoms with van der Waals surface area (Å²) in [5.41, 5.74) is 1.27. The molecule has 4 heteroatoms. The number of aliphatic hydroxyl groups excluding tert-OH is 1. The first-order valence-electron chi connectivity index (χ1n) is 4.75. The molecule has 0 aromatic carbocycles. The van der Waals surface area contributed by atoms with E-state index in [4.69, 9.17) is 10.4 Å². The molecule has 0 aliphatic carbocycles. The Labute approximate surface area is 84.8 Å². The number of aliphatic hydroxyl groups is 1. The van der Waals surface area contributed by atoms with Crippen LogP contribution in [0.25, 0.3) is 0 Å². The lowest BCUT2D eigenvalue weighted by atomic mass is 10.3. The molecule has 1 atom stereocenters. The molecule has 0 fully saturated rings. The maximum absolute atomic E-state index is 8.82. The molecule has 0 amide bonds. The van der Waals surface area contributed by atoms with Crippen LogP contribution in [-0.2, 0) is 0 Å². The summed E-state index contributed by atoms with van der Waals surface area (Å²) in [4.78, 5) is 0. The molecule has 0 radical (unpaired) electrons. The maximum Gasteiger partial charge on any atom is 0.165 e. The van der Waals surface area contributed by atoms with Crippen molar-refractivity contribution < 1.29 is 5.11 Å². The fourth-order valence-electron chi connectivity index (χ4n) is 0.903. The van der Waals surface area contributed by atoms with Crippen molar-refractivity contribution >= 4 is 0 Å². The summed E-state index contributed by atoms with van der Waals surface area (Å²) >= 11 is 0. The zero-order valence-electron chi connectivity index (χ0n) is 9.15. The fourth-order valence-corrected chi connectivity index (χ4v) is 0.903. The van der Waals surface area contributed by atoms with E-state index >= 15 is 0 Å². The molecular weight excluding hydrogens is 178 g/mol. The molecule has 0 spiro atoms. The Kier molecular flexibility index (Phi) is 5.58. The second-order valence-corrected chi connectivity index (χ2v) is 2.78. The Morgan fingerprint density at radius 2 is 2.21 bits per heavy atom. The standard InChI is InChI=1S/C8H11N3O.C2H6/c1-6-4-11(7(2)5-12)10-8(6)3-9;1-2/h4,7,12H,5H2,1-2H3;1-2H3. The Bertz CT molecular complexity index is 312. The molecule has 0 aliphatic rings. The van der Waals surface area contributed by atoms with E-state index in [-0.39, 0.29) is 12.6 Å². The van der Waals surface area contributed by atoms with Crippen molar-refractivity contribution in [3.63, 3.8) is 0 Å². The molecule has 1 rings (SSSR count). The minimum atomic E-state index is -0.0641. The summed E-state index contributed by atoms with van der Waals surface area (Å²) in [6, 6.07) is 1.92. The molecule has 1 aromatic heterocycles. The van der Waals surface area contributed by atoms with E-state index in [0.717, 1.165) is 5.56 Å². The van der Waals surface area contributed by atoms with Crippen LogP contribution in [0, 0.1) is 18.3 Å². The molecule has 1 unspecified atom stereocenters. The van der Waals surface area contributed by atoms with Crippen LogP contribution >= 0.6 is 0 Å². The van der Waals surface area contributed by atoms with Gasteiger partial charge in [-0.3, -0.25) is 4.68 Å². The molecule has 78 valence electrons. The number of aryl methyl sites for hydroxylation is 1. The van der Waals surface area contributed by atoms with Gasteiger partial charge in [0.15, 0.2) is 5.69 Å². The van der Waals surface area contributed by atoms with Crippen molar-refractivity contribution in [3.8, 4) is 6.07 Å². The maximum atomic E-state index is 8.82. The van der Waals surface area contributed by atoms with E-state index in [9.17, 15) is 0 Å². The highest BCUT2D eigenvalue weighted by Gasteiger charge is 2.07. The van der Waals surface area contributed by atoms with Crippen molar-refractivity contribution in [2.45, 2.75) is 33.7 Å². The first-order valence-corrected chi connectivity index (χ1v) is 4.75. The van der Waals surface area contributed by atoms with Crippen LogP contribution in [0.15, 0.2) is 6.20 Å². The van der Waals surface area contributed by atoms with Crippen LogP contribution in [0.5, 0.6) is 0 Å². The van der Waals surface area contributed by atoms with E-state index in [1.54, 1.807) is 10.9 Å². The van der Waals surface area contributed by atoms with E-state index in [2.05, 4.69) is 5.10 Å². The topological polar surface area (TPSA) is 61.8 Å². The summed E-state index contributed by atoms with van der Waals surface area (Å²) in [5, 5.41) is 21.4. The molecule has 0 saturated carbocycles. The Hall–Kier alpha value is -1.34. The molecule has 0 aliphatic heterocycles. The molecule has 1 aromatic rings. The summed E-state index contributed by atoms with van der Waals surface area (Å²) in [7, 11) is 0. The first kappa shape index (κ1) is 12.7. The van der Waals surface area contributed by atoms with Crippen LogP contribution in [0.3, 0.4) is 0 Å². The average molecular weight is 195 g/mol. The summed E-state index contributed by atoms with van der Waals surface area (Å²) in [6.07, 6.45) is 1.76. The van der Waals surface area contributed by atoms with Crippen LogP contribution < -0.4 is 0 Å². The number of rotatable bonds is 2. The third-order valence-electron chi connectivity index (χ3n) is 1.74. The van der Waals surface area contributed by atoms with E-state index < -0.39 is 0 Å². The van der Waals surface area contributed by atoms with E-state index in [1.807, 2.05) is 33.8 Å². The van der Waals surface area contributed by atoms with Crippen molar-refractivity contribution in [3.05, 3.63) is 17.5 Å². The highest BCUT2D eigenvalue weighted by Crippen LogP contribution is 2.08. The highest BCUT2D eigenvalue weighted by atomic mass is 16.3. The number of hydrogen-bond acceptors (Lipinski definition) is 3. The monoisotopic (exact) mass is 195 g/mol. The molecule has 4 nitrogen and oxygen atoms in total. The molecule has 14 heavy (non-hydrogen) atoms. The van der Waals surface area contributed by atoms with E-state index in [1.165, 1.54) is 0 Å². The van der Waals surface area contributed by atoms with Crippen molar-refractivity contribution in [2.75, 3.05) is 6.61 Å². The van der Waals surface area contributed by atoms with Gasteiger partial charge >= 0.3 is 0 Å². The lowest BCUT2D eigenvalue weighted by Crippen LogP contribution is -2.09. The zero-order valence-corrected chi connectivity index (χ0v) is 9.15. The molecular formula is C10H17N3O. The van der Waals surface area contributed by atoms with Gasteiger partial charge in [-0.15, -0.1) is 0 Å². The van der Waals surface area contributed by atoms with Gasteiger partial charge in [-0.1, -0.05) is 13.8 Å². The third-order valence-corrected chi connectivity index (χ3v) is 1.74. The predicted molar refractivity (Wildman–Crippen MR) is 54.8 cm³/mol. The van der Waals surface area contributed by atoms with Gasteiger partial charge in [0.25, 0.3) is 0 Å². The normalized spacial score (nSPS) is 11.1. The van der Waals surface area contributed by atoms with Crippen LogP contribution in [-0.4, -0.2) is 21.5 Å². The second kappa shape index (κ2) is 6.17. The quantitative estimate of drug-likeness (QED) is 0.780. The largest absolute Gasteiger partial charge is 0.394 e. The minimum absolute atomic E-state index is 0.0337. The van der Waals surface area contributed by atoms with Gasteiger partial charge in [-0.05, 0) is 13.8 Å². The van der Waals surface area contributed by atoms with Gasteiger partial charge in [0, 0.05) is 11.8 Å². The third kappa shape index (κ3) is 2.86. The highest BCUT2D eigenvalue weighted by molar-refractivity contribution is 5.27. The Balaban J connectivity index is 0.000000791. The lowest BCUT2D eigenvalue weighted by Gasteiger charge is -2.06. The fraction of sp³-hybridized carbons (Fsp3) is 0.600.